The maximum Gasteiger partial charge on any atom is 0.119 e. The Bertz CT molecular complexity index is 897. The van der Waals surface area contributed by atoms with Crippen LogP contribution in [0.15, 0.2) is 72.8 Å². The summed E-state index contributed by atoms with van der Waals surface area (Å²) in [7, 11) is 0. The molecule has 0 saturated heterocycles. The van der Waals surface area contributed by atoms with Crippen LogP contribution in [0.1, 0.15) is 64.5 Å². The standard InChI is InChI=1S/C29H36O2/c1-4-6-7-10-22-31-27-19-17-26(18-20-27)29-12-9-8-11-28(29)25-15-13-24(14-16-25)23(3)30-21-5-2/h8-9,11-20,23H,4-7,10,21-22H2,1-3H3. The number of rotatable bonds is 12. The van der Waals surface area contributed by atoms with E-state index in [1.807, 2.05) is 0 Å². The van der Waals surface area contributed by atoms with Crippen LogP contribution in [0.2, 0.25) is 0 Å². The summed E-state index contributed by atoms with van der Waals surface area (Å²) < 4.78 is 11.8. The minimum Gasteiger partial charge on any atom is -0.494 e. The Kier molecular flexibility index (Phi) is 9.17. The van der Waals surface area contributed by atoms with Crippen molar-refractivity contribution in [1.29, 1.82) is 0 Å². The lowest BCUT2D eigenvalue weighted by molar-refractivity contribution is 0.0663. The SMILES string of the molecule is CCCCCCOc1ccc(-c2ccccc2-c2ccc(C(C)OCCC)cc2)cc1. The molecule has 2 heteroatoms. The van der Waals surface area contributed by atoms with Crippen molar-refractivity contribution in [3.8, 4) is 28.0 Å². The van der Waals surface area contributed by atoms with Gasteiger partial charge < -0.3 is 9.47 Å². The second-order valence-corrected chi connectivity index (χ2v) is 8.11. The first kappa shape index (κ1) is 23.1. The van der Waals surface area contributed by atoms with Crippen LogP contribution >= 0.6 is 0 Å². The maximum atomic E-state index is 5.91. The summed E-state index contributed by atoms with van der Waals surface area (Å²) in [6.45, 7) is 8.08. The Morgan fingerprint density at radius 1 is 0.645 bits per heavy atom. The maximum absolute atomic E-state index is 5.91. The lowest BCUT2D eigenvalue weighted by Crippen LogP contribution is -2.00. The number of benzene rings is 3. The van der Waals surface area contributed by atoms with Gasteiger partial charge in [-0.1, -0.05) is 93.8 Å². The molecular weight excluding hydrogens is 380 g/mol. The zero-order valence-electron chi connectivity index (χ0n) is 19.3. The average molecular weight is 417 g/mol. The van der Waals surface area contributed by atoms with Gasteiger partial charge in [0.2, 0.25) is 0 Å². The highest BCUT2D eigenvalue weighted by Crippen LogP contribution is 2.33. The molecule has 0 saturated carbocycles. The predicted octanol–water partition coefficient (Wildman–Crippen LogP) is 8.47. The lowest BCUT2D eigenvalue weighted by Gasteiger charge is -2.15. The highest BCUT2D eigenvalue weighted by atomic mass is 16.5. The minimum absolute atomic E-state index is 0.124. The molecule has 0 aliphatic heterocycles. The fourth-order valence-corrected chi connectivity index (χ4v) is 3.76. The molecular formula is C29H36O2. The molecule has 2 nitrogen and oxygen atoms in total. The van der Waals surface area contributed by atoms with Crippen molar-refractivity contribution in [2.45, 2.75) is 59.0 Å². The molecule has 31 heavy (non-hydrogen) atoms. The highest BCUT2D eigenvalue weighted by Gasteiger charge is 2.09. The van der Waals surface area contributed by atoms with Crippen LogP contribution in [0.3, 0.4) is 0 Å². The first-order valence-corrected chi connectivity index (χ1v) is 11.8. The van der Waals surface area contributed by atoms with Crippen molar-refractivity contribution in [1.82, 2.24) is 0 Å². The van der Waals surface area contributed by atoms with Gasteiger partial charge >= 0.3 is 0 Å². The van der Waals surface area contributed by atoms with Crippen molar-refractivity contribution in [3.63, 3.8) is 0 Å². The third kappa shape index (κ3) is 6.70. The van der Waals surface area contributed by atoms with Crippen molar-refractivity contribution in [2.75, 3.05) is 13.2 Å². The van der Waals surface area contributed by atoms with Crippen molar-refractivity contribution in [3.05, 3.63) is 78.4 Å². The molecule has 0 heterocycles. The first-order chi connectivity index (χ1) is 15.2. The Balaban J connectivity index is 1.71. The molecule has 1 unspecified atom stereocenters. The van der Waals surface area contributed by atoms with E-state index in [9.17, 15) is 0 Å². The molecule has 0 bridgehead atoms. The topological polar surface area (TPSA) is 18.5 Å². The molecule has 0 radical (unpaired) electrons. The van der Waals surface area contributed by atoms with Gasteiger partial charge in [-0.15, -0.1) is 0 Å². The molecule has 0 aliphatic rings. The van der Waals surface area contributed by atoms with Crippen LogP contribution in [0.5, 0.6) is 5.75 Å². The first-order valence-electron chi connectivity index (χ1n) is 11.8. The zero-order chi connectivity index (χ0) is 21.9. The Labute approximate surface area is 188 Å². The van der Waals surface area contributed by atoms with Crippen LogP contribution in [-0.4, -0.2) is 13.2 Å². The van der Waals surface area contributed by atoms with Gasteiger partial charge in [0.25, 0.3) is 0 Å². The van der Waals surface area contributed by atoms with Crippen LogP contribution < -0.4 is 4.74 Å². The third-order valence-corrected chi connectivity index (χ3v) is 5.62. The van der Waals surface area contributed by atoms with E-state index in [0.717, 1.165) is 31.8 Å². The third-order valence-electron chi connectivity index (χ3n) is 5.62. The summed E-state index contributed by atoms with van der Waals surface area (Å²) >= 11 is 0. The van der Waals surface area contributed by atoms with Crippen molar-refractivity contribution < 1.29 is 9.47 Å². The Morgan fingerprint density at radius 2 is 1.26 bits per heavy atom. The summed E-state index contributed by atoms with van der Waals surface area (Å²) in [5, 5.41) is 0. The molecule has 3 aromatic rings. The monoisotopic (exact) mass is 416 g/mol. The molecule has 0 fully saturated rings. The summed E-state index contributed by atoms with van der Waals surface area (Å²) in [5.74, 6) is 0.947. The molecule has 3 aromatic carbocycles. The van der Waals surface area contributed by atoms with Gasteiger partial charge in [0.1, 0.15) is 5.75 Å². The van der Waals surface area contributed by atoms with E-state index in [1.165, 1.54) is 47.1 Å². The molecule has 1 atom stereocenters. The van der Waals surface area contributed by atoms with Crippen LogP contribution in [0.4, 0.5) is 0 Å². The Morgan fingerprint density at radius 3 is 1.84 bits per heavy atom. The molecule has 164 valence electrons. The van der Waals surface area contributed by atoms with E-state index < -0.39 is 0 Å². The average Bonchev–Trinajstić information content (AvgIpc) is 2.83. The predicted molar refractivity (Wildman–Crippen MR) is 132 cm³/mol. The van der Waals surface area contributed by atoms with Crippen molar-refractivity contribution >= 4 is 0 Å². The summed E-state index contributed by atoms with van der Waals surface area (Å²) in [6, 6.07) is 25.9. The van der Waals surface area contributed by atoms with Gasteiger partial charge in [-0.2, -0.15) is 0 Å². The second-order valence-electron chi connectivity index (χ2n) is 8.11. The van der Waals surface area contributed by atoms with E-state index in [-0.39, 0.29) is 6.10 Å². The van der Waals surface area contributed by atoms with Gasteiger partial charge in [-0.3, -0.25) is 0 Å². The number of ether oxygens (including phenoxy) is 2. The summed E-state index contributed by atoms with van der Waals surface area (Å²) in [5.41, 5.74) is 6.12. The smallest absolute Gasteiger partial charge is 0.119 e. The molecule has 0 spiro atoms. The van der Waals surface area contributed by atoms with E-state index in [1.54, 1.807) is 0 Å². The summed E-state index contributed by atoms with van der Waals surface area (Å²) in [6.07, 6.45) is 6.06. The van der Waals surface area contributed by atoms with Crippen LogP contribution in [-0.2, 0) is 4.74 Å². The van der Waals surface area contributed by atoms with Crippen molar-refractivity contribution in [2.24, 2.45) is 0 Å². The lowest BCUT2D eigenvalue weighted by atomic mass is 9.94. The fraction of sp³-hybridized carbons (Fsp3) is 0.379. The van der Waals surface area contributed by atoms with Crippen LogP contribution in [0, 0.1) is 0 Å². The quantitative estimate of drug-likeness (QED) is 0.276. The van der Waals surface area contributed by atoms with E-state index in [0.29, 0.717) is 0 Å². The van der Waals surface area contributed by atoms with Gasteiger partial charge in [-0.05, 0) is 59.7 Å². The molecule has 3 rings (SSSR count). The normalized spacial score (nSPS) is 12.0. The molecule has 0 aromatic heterocycles. The number of hydrogen-bond acceptors (Lipinski definition) is 2. The van der Waals surface area contributed by atoms with E-state index in [4.69, 9.17) is 9.47 Å². The zero-order valence-corrected chi connectivity index (χ0v) is 19.3. The van der Waals surface area contributed by atoms with Crippen LogP contribution in [0.25, 0.3) is 22.3 Å². The number of unbranched alkanes of at least 4 members (excludes halogenated alkanes) is 3. The molecule has 0 aliphatic carbocycles. The van der Waals surface area contributed by atoms with Gasteiger partial charge in [0.05, 0.1) is 12.7 Å². The Hall–Kier alpha value is -2.58. The number of hydrogen-bond donors (Lipinski definition) is 0. The highest BCUT2D eigenvalue weighted by molar-refractivity contribution is 5.83. The van der Waals surface area contributed by atoms with Gasteiger partial charge in [-0.25, -0.2) is 0 Å². The van der Waals surface area contributed by atoms with E-state index in [2.05, 4.69) is 93.6 Å². The fourth-order valence-electron chi connectivity index (χ4n) is 3.76. The largest absolute Gasteiger partial charge is 0.494 e. The summed E-state index contributed by atoms with van der Waals surface area (Å²) in [4.78, 5) is 0. The molecule has 0 amide bonds. The van der Waals surface area contributed by atoms with Gasteiger partial charge in [0.15, 0.2) is 0 Å². The van der Waals surface area contributed by atoms with Gasteiger partial charge in [0, 0.05) is 6.61 Å². The second kappa shape index (κ2) is 12.3. The van der Waals surface area contributed by atoms with E-state index >= 15 is 0 Å². The molecule has 0 N–H and O–H groups in total. The minimum atomic E-state index is 0.124.